The fraction of sp³-hybridized carbons (Fsp3) is 0.429. The third-order valence-corrected chi connectivity index (χ3v) is 7.58. The van der Waals surface area contributed by atoms with E-state index in [1.54, 1.807) is 42.7 Å². The highest BCUT2D eigenvalue weighted by molar-refractivity contribution is 7.98. The number of carbonyl (C=O) groups is 3. The highest BCUT2D eigenvalue weighted by atomic mass is 32.2. The Morgan fingerprint density at radius 1 is 1.12 bits per heavy atom. The zero-order valence-corrected chi connectivity index (χ0v) is 22.6. The predicted molar refractivity (Wildman–Crippen MR) is 145 cm³/mol. The van der Waals surface area contributed by atoms with E-state index < -0.39 is 60.6 Å². The standard InChI is InChI=1S/C28H30F4N4O3S/c1-40-15-36-23-19(8-5-9-21(23)29)22(17-6-3-2-4-7-17)34-25(27(36)39)35-26(38)18(12-13-28(30,31)32)20(24(33)37)14-16-10-11-16/h2-9,16,18,20,25H,10-15H2,1H3,(H2,33,37)(H,35,38)/t18-,20+,25-/m1/s1. The van der Waals surface area contributed by atoms with Crippen LogP contribution in [0.5, 0.6) is 0 Å². The van der Waals surface area contributed by atoms with Crippen molar-refractivity contribution in [2.75, 3.05) is 17.0 Å². The summed E-state index contributed by atoms with van der Waals surface area (Å²) >= 11 is 1.24. The van der Waals surface area contributed by atoms with Crippen molar-refractivity contribution in [2.45, 2.75) is 44.4 Å². The lowest BCUT2D eigenvalue weighted by Gasteiger charge is -2.28. The number of thioether (sulfide) groups is 1. The van der Waals surface area contributed by atoms with Gasteiger partial charge in [0, 0.05) is 29.4 Å². The lowest BCUT2D eigenvalue weighted by Crippen LogP contribution is -2.51. The van der Waals surface area contributed by atoms with Crippen molar-refractivity contribution in [1.82, 2.24) is 5.32 Å². The van der Waals surface area contributed by atoms with Gasteiger partial charge in [-0.15, -0.1) is 11.8 Å². The fourth-order valence-corrected chi connectivity index (χ4v) is 5.45. The summed E-state index contributed by atoms with van der Waals surface area (Å²) in [5.41, 5.74) is 6.65. The van der Waals surface area contributed by atoms with E-state index in [9.17, 15) is 27.6 Å². The minimum Gasteiger partial charge on any atom is -0.369 e. The molecule has 2 aromatic carbocycles. The van der Waals surface area contributed by atoms with E-state index >= 15 is 4.39 Å². The molecule has 0 unspecified atom stereocenters. The number of anilines is 1. The van der Waals surface area contributed by atoms with Gasteiger partial charge < -0.3 is 11.1 Å². The number of nitrogens with one attached hydrogen (secondary N) is 1. The van der Waals surface area contributed by atoms with Crippen LogP contribution in [0.2, 0.25) is 0 Å². The number of nitrogens with two attached hydrogens (primary N) is 1. The molecule has 2 aromatic rings. The van der Waals surface area contributed by atoms with Gasteiger partial charge in [-0.2, -0.15) is 13.2 Å². The minimum atomic E-state index is -4.56. The molecule has 4 rings (SSSR count). The Labute approximate surface area is 233 Å². The first-order valence-electron chi connectivity index (χ1n) is 12.9. The fourth-order valence-electron chi connectivity index (χ4n) is 4.94. The molecule has 1 saturated carbocycles. The Kier molecular flexibility index (Phi) is 9.17. The molecule has 12 heteroatoms. The van der Waals surface area contributed by atoms with Gasteiger partial charge in [0.25, 0.3) is 5.91 Å². The highest BCUT2D eigenvalue weighted by Gasteiger charge is 2.42. The SMILES string of the molecule is CSCN1C(=O)[C@@H](NC(=O)[C@H](CCC(F)(F)F)[C@H](CC2CC2)C(N)=O)N=C(c2ccccc2)c2cccc(F)c21. The quantitative estimate of drug-likeness (QED) is 0.380. The van der Waals surface area contributed by atoms with Gasteiger partial charge in [-0.25, -0.2) is 9.38 Å². The Hall–Kier alpha value is -3.41. The van der Waals surface area contributed by atoms with E-state index in [1.165, 1.54) is 28.8 Å². The summed E-state index contributed by atoms with van der Waals surface area (Å²) in [5.74, 6) is -5.64. The van der Waals surface area contributed by atoms with Gasteiger partial charge in [-0.1, -0.05) is 55.3 Å². The lowest BCUT2D eigenvalue weighted by molar-refractivity contribution is -0.146. The molecule has 214 valence electrons. The first-order valence-corrected chi connectivity index (χ1v) is 14.3. The molecule has 3 amide bonds. The molecule has 7 nitrogen and oxygen atoms in total. The molecule has 3 N–H and O–H groups in total. The molecule has 1 aliphatic carbocycles. The molecular weight excluding hydrogens is 548 g/mol. The van der Waals surface area contributed by atoms with Gasteiger partial charge in [0.15, 0.2) is 0 Å². The van der Waals surface area contributed by atoms with Crippen molar-refractivity contribution < 1.29 is 31.9 Å². The molecule has 1 heterocycles. The van der Waals surface area contributed by atoms with Crippen LogP contribution in [0.3, 0.4) is 0 Å². The maximum absolute atomic E-state index is 15.2. The summed E-state index contributed by atoms with van der Waals surface area (Å²) in [6.45, 7) is 0. The largest absolute Gasteiger partial charge is 0.389 e. The van der Waals surface area contributed by atoms with Gasteiger partial charge in [0.05, 0.1) is 17.3 Å². The monoisotopic (exact) mass is 578 g/mol. The first-order chi connectivity index (χ1) is 19.0. The predicted octanol–water partition coefficient (Wildman–Crippen LogP) is 4.63. The van der Waals surface area contributed by atoms with Crippen LogP contribution in [0.1, 0.15) is 43.2 Å². The van der Waals surface area contributed by atoms with Crippen molar-refractivity contribution in [2.24, 2.45) is 28.5 Å². The second-order valence-electron chi connectivity index (χ2n) is 10.0. The zero-order valence-electron chi connectivity index (χ0n) is 21.8. The second kappa shape index (κ2) is 12.4. The number of aliphatic imine (C=N–C) groups is 1. The minimum absolute atomic E-state index is 0.0152. The Balaban J connectivity index is 1.75. The van der Waals surface area contributed by atoms with Crippen molar-refractivity contribution in [3.63, 3.8) is 0 Å². The van der Waals surface area contributed by atoms with Crippen LogP contribution < -0.4 is 16.0 Å². The summed E-state index contributed by atoms with van der Waals surface area (Å²) in [4.78, 5) is 45.3. The van der Waals surface area contributed by atoms with E-state index in [4.69, 9.17) is 5.73 Å². The van der Waals surface area contributed by atoms with Crippen molar-refractivity contribution in [3.05, 3.63) is 65.5 Å². The van der Waals surface area contributed by atoms with E-state index in [1.807, 2.05) is 0 Å². The molecule has 0 spiro atoms. The van der Waals surface area contributed by atoms with Crippen molar-refractivity contribution in [3.8, 4) is 0 Å². The molecule has 0 aromatic heterocycles. The van der Waals surface area contributed by atoms with Crippen LogP contribution in [0, 0.1) is 23.6 Å². The molecule has 1 fully saturated rings. The number of hydrogen-bond donors (Lipinski definition) is 2. The Morgan fingerprint density at radius 3 is 2.42 bits per heavy atom. The Morgan fingerprint density at radius 2 is 1.82 bits per heavy atom. The van der Waals surface area contributed by atoms with Crippen LogP contribution in [0.4, 0.5) is 23.2 Å². The van der Waals surface area contributed by atoms with Crippen LogP contribution in [0.25, 0.3) is 0 Å². The summed E-state index contributed by atoms with van der Waals surface area (Å²) in [6, 6.07) is 13.0. The van der Waals surface area contributed by atoms with Gasteiger partial charge in [-0.3, -0.25) is 19.3 Å². The average Bonchev–Trinajstić information content (AvgIpc) is 3.73. The smallest absolute Gasteiger partial charge is 0.369 e. The average molecular weight is 579 g/mol. The topological polar surface area (TPSA) is 105 Å². The second-order valence-corrected chi connectivity index (χ2v) is 10.9. The number of benzene rings is 2. The van der Waals surface area contributed by atoms with Crippen molar-refractivity contribution in [1.29, 1.82) is 0 Å². The summed E-state index contributed by atoms with van der Waals surface area (Å²) < 4.78 is 54.8. The molecule has 1 aliphatic heterocycles. The van der Waals surface area contributed by atoms with Crippen LogP contribution in [0.15, 0.2) is 53.5 Å². The maximum atomic E-state index is 15.2. The molecule has 2 aliphatic rings. The summed E-state index contributed by atoms with van der Waals surface area (Å²) in [6.07, 6.45) is -4.60. The maximum Gasteiger partial charge on any atom is 0.389 e. The van der Waals surface area contributed by atoms with Gasteiger partial charge >= 0.3 is 6.18 Å². The highest BCUT2D eigenvalue weighted by Crippen LogP contribution is 2.39. The van der Waals surface area contributed by atoms with E-state index in [0.29, 0.717) is 11.1 Å². The lowest BCUT2D eigenvalue weighted by atomic mass is 9.83. The Bertz CT molecular complexity index is 1280. The number of benzodiazepines with no additional fused rings is 1. The van der Waals surface area contributed by atoms with Crippen molar-refractivity contribution >= 4 is 40.9 Å². The third-order valence-electron chi connectivity index (χ3n) is 7.07. The van der Waals surface area contributed by atoms with Gasteiger partial charge in [0.1, 0.15) is 5.82 Å². The molecular formula is C28H30F4N4O3S. The molecule has 40 heavy (non-hydrogen) atoms. The number of carbonyl (C=O) groups excluding carboxylic acids is 3. The molecule has 0 radical (unpaired) electrons. The normalized spacial score (nSPS) is 18.8. The van der Waals surface area contributed by atoms with E-state index in [-0.39, 0.29) is 29.6 Å². The number of hydrogen-bond acceptors (Lipinski definition) is 5. The molecule has 3 atom stereocenters. The number of alkyl halides is 3. The van der Waals surface area contributed by atoms with E-state index in [2.05, 4.69) is 10.3 Å². The van der Waals surface area contributed by atoms with Gasteiger partial charge in [-0.05, 0) is 31.1 Å². The number of nitrogens with zero attached hydrogens (tertiary/aromatic N) is 2. The van der Waals surface area contributed by atoms with E-state index in [0.717, 1.165) is 12.8 Å². The number of halogens is 4. The first kappa shape index (κ1) is 29.6. The number of rotatable bonds is 11. The van der Waals surface area contributed by atoms with Gasteiger partial charge in [0.2, 0.25) is 18.0 Å². The van der Waals surface area contributed by atoms with Crippen LogP contribution in [-0.2, 0) is 14.4 Å². The number of fused-ring (bicyclic) bond motifs is 1. The number of para-hydroxylation sites is 1. The van der Waals surface area contributed by atoms with Crippen LogP contribution >= 0.6 is 11.8 Å². The molecule has 0 saturated heterocycles. The number of primary amides is 1. The molecule has 0 bridgehead atoms. The number of amides is 3. The zero-order chi connectivity index (χ0) is 29.0. The summed E-state index contributed by atoms with van der Waals surface area (Å²) in [7, 11) is 0. The van der Waals surface area contributed by atoms with Crippen LogP contribution in [-0.4, -0.2) is 47.9 Å². The summed E-state index contributed by atoms with van der Waals surface area (Å²) in [5, 5.41) is 2.49. The third kappa shape index (κ3) is 7.01.